The van der Waals surface area contributed by atoms with E-state index in [0.717, 1.165) is 0 Å². The number of nitrogens with two attached hydrogens (primary N) is 1. The highest BCUT2D eigenvalue weighted by Gasteiger charge is 2.24. The zero-order chi connectivity index (χ0) is 27.0. The van der Waals surface area contributed by atoms with E-state index in [4.69, 9.17) is 29.2 Å². The molecule has 0 aliphatic heterocycles. The van der Waals surface area contributed by atoms with Crippen LogP contribution in [0, 0.1) is 0 Å². The fourth-order valence-corrected chi connectivity index (χ4v) is 4.62. The number of nitrogens with zero attached hydrogens (tertiary/aromatic N) is 3. The first kappa shape index (κ1) is 27.2. The van der Waals surface area contributed by atoms with Gasteiger partial charge in [0.15, 0.2) is 11.5 Å². The van der Waals surface area contributed by atoms with E-state index in [9.17, 15) is 9.36 Å². The van der Waals surface area contributed by atoms with Gasteiger partial charge < -0.3 is 34.2 Å². The van der Waals surface area contributed by atoms with Crippen LogP contribution in [-0.2, 0) is 20.6 Å². The maximum atomic E-state index is 13.1. The Balaban J connectivity index is 1.55. The molecule has 2 atom stereocenters. The summed E-state index contributed by atoms with van der Waals surface area (Å²) in [6.45, 7) is 2.11. The number of methoxy groups -OCH3 is 1. The number of rotatable bonds is 14. The molecule has 4 rings (SSSR count). The van der Waals surface area contributed by atoms with Gasteiger partial charge in [-0.2, -0.15) is 9.97 Å². The molecule has 0 amide bonds. The number of aromatic amines is 1. The first-order valence-corrected chi connectivity index (χ1v) is 14.1. The highest BCUT2D eigenvalue weighted by molar-refractivity contribution is 7.58. The normalized spacial score (nSPS) is 13.6. The summed E-state index contributed by atoms with van der Waals surface area (Å²) in [5, 5.41) is 0. The Morgan fingerprint density at radius 2 is 1.68 bits per heavy atom. The third-order valence-corrected chi connectivity index (χ3v) is 6.52. The molecule has 13 heteroatoms. The molecule has 2 heterocycles. The molecule has 0 radical (unpaired) electrons. The maximum Gasteiger partial charge on any atom is 0.327 e. The number of hydrogen-bond acceptors (Lipinski definition) is 10. The minimum atomic E-state index is -3.20. The minimum Gasteiger partial charge on any atom is -0.491 e. The van der Waals surface area contributed by atoms with E-state index in [-0.39, 0.29) is 49.1 Å². The molecule has 4 aromatic rings. The highest BCUT2D eigenvalue weighted by atomic mass is 31.2. The van der Waals surface area contributed by atoms with Crippen LogP contribution in [0.15, 0.2) is 65.5 Å². The van der Waals surface area contributed by atoms with Gasteiger partial charge in [-0.1, -0.05) is 36.4 Å². The van der Waals surface area contributed by atoms with Crippen molar-refractivity contribution in [2.45, 2.75) is 12.6 Å². The second-order valence-corrected chi connectivity index (χ2v) is 10.9. The smallest absolute Gasteiger partial charge is 0.327 e. The average molecular weight is 544 g/mol. The van der Waals surface area contributed by atoms with Gasteiger partial charge in [0, 0.05) is 13.8 Å². The van der Waals surface area contributed by atoms with Gasteiger partial charge in [-0.15, -0.1) is 0 Å². The monoisotopic (exact) mass is 543 g/mol. The van der Waals surface area contributed by atoms with Crippen LogP contribution >= 0.6 is 7.37 Å². The maximum absolute atomic E-state index is 13.1. The number of hydrogen-bond donors (Lipinski definition) is 2. The van der Waals surface area contributed by atoms with Crippen LogP contribution in [-0.4, -0.2) is 65.6 Å². The molecule has 0 spiro atoms. The Morgan fingerprint density at radius 3 is 2.37 bits per heavy atom. The van der Waals surface area contributed by atoms with Gasteiger partial charge in [-0.25, -0.2) is 4.79 Å². The summed E-state index contributed by atoms with van der Waals surface area (Å²) in [5.74, 6) is 1.15. The molecule has 12 nitrogen and oxygen atoms in total. The van der Waals surface area contributed by atoms with Crippen molar-refractivity contribution in [3.05, 3.63) is 71.1 Å². The number of aromatic nitrogens is 4. The minimum absolute atomic E-state index is 0.00660. The number of para-hydroxylation sites is 2. The molecular formula is C25H30N5O7P. The molecule has 202 valence electrons. The number of nitrogens with one attached hydrogen (secondary N) is 1. The molecular weight excluding hydrogens is 513 g/mol. The third-order valence-electron chi connectivity index (χ3n) is 5.30. The van der Waals surface area contributed by atoms with Crippen LogP contribution in [0.4, 0.5) is 5.82 Å². The second kappa shape index (κ2) is 12.6. The summed E-state index contributed by atoms with van der Waals surface area (Å²) in [4.78, 5) is 24.0. The molecule has 0 saturated heterocycles. The molecule has 0 bridgehead atoms. The number of imidazole rings is 1. The molecule has 0 aliphatic carbocycles. The fraction of sp³-hybridized carbons (Fsp3) is 0.320. The zero-order valence-electron chi connectivity index (χ0n) is 21.1. The molecule has 0 aliphatic rings. The van der Waals surface area contributed by atoms with Crippen LogP contribution < -0.4 is 25.4 Å². The lowest BCUT2D eigenvalue weighted by Gasteiger charge is -2.22. The highest BCUT2D eigenvalue weighted by Crippen LogP contribution is 2.43. The quantitative estimate of drug-likeness (QED) is 0.179. The summed E-state index contributed by atoms with van der Waals surface area (Å²) >= 11 is 0. The van der Waals surface area contributed by atoms with Gasteiger partial charge in [0.1, 0.15) is 42.7 Å². The van der Waals surface area contributed by atoms with Crippen LogP contribution in [0.2, 0.25) is 0 Å². The summed E-state index contributed by atoms with van der Waals surface area (Å²) in [5.41, 5.74) is 6.08. The molecule has 2 aromatic carbocycles. The molecule has 3 N–H and O–H groups in total. The summed E-state index contributed by atoms with van der Waals surface area (Å²) < 4.78 is 42.5. The lowest BCUT2D eigenvalue weighted by atomic mass is 10.3. The van der Waals surface area contributed by atoms with Crippen molar-refractivity contribution in [2.24, 2.45) is 0 Å². The van der Waals surface area contributed by atoms with Crippen LogP contribution in [0.3, 0.4) is 0 Å². The van der Waals surface area contributed by atoms with Crippen molar-refractivity contribution >= 4 is 24.4 Å². The molecule has 2 aromatic heterocycles. The van der Waals surface area contributed by atoms with Gasteiger partial charge in [0.05, 0.1) is 13.2 Å². The summed E-state index contributed by atoms with van der Waals surface area (Å²) in [7, 11) is -1.65. The van der Waals surface area contributed by atoms with Gasteiger partial charge in [0.2, 0.25) is 0 Å². The van der Waals surface area contributed by atoms with E-state index in [0.29, 0.717) is 18.1 Å². The SMILES string of the molecule is COCCOc1nc(N)c2[nH]c(=O)n(CC(COc3ccccc3)OCP(C)(=O)Oc3ccccc3)c2n1. The van der Waals surface area contributed by atoms with Gasteiger partial charge in [-0.3, -0.25) is 9.13 Å². The van der Waals surface area contributed by atoms with Crippen LogP contribution in [0.25, 0.3) is 11.2 Å². The predicted molar refractivity (Wildman–Crippen MR) is 142 cm³/mol. The summed E-state index contributed by atoms with van der Waals surface area (Å²) in [6.07, 6.45) is -0.904. The van der Waals surface area contributed by atoms with Crippen LogP contribution in [0.5, 0.6) is 17.5 Å². The van der Waals surface area contributed by atoms with Crippen molar-refractivity contribution < 1.29 is 28.0 Å². The lowest BCUT2D eigenvalue weighted by Crippen LogP contribution is -2.32. The Hall–Kier alpha value is -3.86. The topological polar surface area (TPSA) is 153 Å². The van der Waals surface area contributed by atoms with Gasteiger partial charge in [-0.05, 0) is 24.3 Å². The number of anilines is 1. The largest absolute Gasteiger partial charge is 0.491 e. The van der Waals surface area contributed by atoms with E-state index in [1.807, 2.05) is 24.3 Å². The lowest BCUT2D eigenvalue weighted by molar-refractivity contribution is 0.0315. The van der Waals surface area contributed by atoms with Gasteiger partial charge in [0.25, 0.3) is 7.37 Å². The number of H-pyrrole nitrogens is 1. The Bertz CT molecular complexity index is 1430. The summed E-state index contributed by atoms with van der Waals surface area (Å²) in [6, 6.07) is 18.0. The van der Waals surface area contributed by atoms with Crippen molar-refractivity contribution in [3.8, 4) is 17.5 Å². The molecule has 0 fully saturated rings. The van der Waals surface area contributed by atoms with E-state index in [1.165, 1.54) is 11.2 Å². The Morgan fingerprint density at radius 1 is 1.00 bits per heavy atom. The van der Waals surface area contributed by atoms with E-state index in [2.05, 4.69) is 15.0 Å². The number of ether oxygens (including phenoxy) is 4. The number of fused-ring (bicyclic) bond motifs is 1. The van der Waals surface area contributed by atoms with Crippen molar-refractivity contribution in [3.63, 3.8) is 0 Å². The Kier molecular flexibility index (Phi) is 9.01. The Labute approximate surface area is 219 Å². The fourth-order valence-electron chi connectivity index (χ4n) is 3.52. The number of nitrogen functional groups attached to an aromatic ring is 1. The molecule has 38 heavy (non-hydrogen) atoms. The van der Waals surface area contributed by atoms with Crippen molar-refractivity contribution in [2.75, 3.05) is 45.7 Å². The van der Waals surface area contributed by atoms with E-state index in [1.54, 1.807) is 43.5 Å². The molecule has 2 unspecified atom stereocenters. The first-order chi connectivity index (χ1) is 18.3. The van der Waals surface area contributed by atoms with Gasteiger partial charge >= 0.3 is 11.7 Å². The van der Waals surface area contributed by atoms with E-state index < -0.39 is 19.2 Å². The number of benzene rings is 2. The molecule has 0 saturated carbocycles. The standard InChI is InChI=1S/C25H30N5O7P/c1-33-13-14-34-24-28-22(26)21-23(29-24)30(25(31)27-21)15-20(16-35-18-9-5-3-6-10-18)36-17-38(2,32)37-19-11-7-4-8-12-19/h3-12,20H,13-17H2,1-2H3,(H,27,31)(H2,26,28,29). The van der Waals surface area contributed by atoms with Crippen LogP contribution in [0.1, 0.15) is 0 Å². The van der Waals surface area contributed by atoms with Crippen molar-refractivity contribution in [1.29, 1.82) is 0 Å². The van der Waals surface area contributed by atoms with E-state index >= 15 is 0 Å². The second-order valence-electron chi connectivity index (χ2n) is 8.43. The first-order valence-electron chi connectivity index (χ1n) is 11.8. The third kappa shape index (κ3) is 7.34. The van der Waals surface area contributed by atoms with Crippen molar-refractivity contribution in [1.82, 2.24) is 19.5 Å². The zero-order valence-corrected chi connectivity index (χ0v) is 22.0. The average Bonchev–Trinajstić information content (AvgIpc) is 3.22. The predicted octanol–water partition coefficient (Wildman–Crippen LogP) is 3.14.